The lowest BCUT2D eigenvalue weighted by molar-refractivity contribution is 0.0951. The van der Waals surface area contributed by atoms with E-state index in [0.29, 0.717) is 22.4 Å². The molecule has 2 heterocycles. The molecular weight excluding hydrogens is 326 g/mol. The van der Waals surface area contributed by atoms with Crippen LogP contribution in [0, 0.1) is 6.92 Å². The first-order valence-electron chi connectivity index (χ1n) is 8.32. The van der Waals surface area contributed by atoms with E-state index in [1.54, 1.807) is 13.0 Å². The van der Waals surface area contributed by atoms with Gasteiger partial charge >= 0.3 is 0 Å². The predicted octanol–water partition coefficient (Wildman–Crippen LogP) is 3.07. The lowest BCUT2D eigenvalue weighted by atomic mass is 9.95. The summed E-state index contributed by atoms with van der Waals surface area (Å²) in [5.41, 5.74) is 1.98. The van der Waals surface area contributed by atoms with Gasteiger partial charge in [-0.05, 0) is 51.0 Å². The molecular formula is C17H19N3O3S. The van der Waals surface area contributed by atoms with Crippen molar-refractivity contribution in [2.45, 2.75) is 51.5 Å². The predicted molar refractivity (Wildman–Crippen MR) is 90.6 cm³/mol. The van der Waals surface area contributed by atoms with Crippen molar-refractivity contribution in [2.75, 3.05) is 5.32 Å². The molecule has 0 aliphatic heterocycles. The minimum absolute atomic E-state index is 0.0662. The molecule has 0 atom stereocenters. The number of nitrogens with zero attached hydrogens (tertiary/aromatic N) is 1. The molecule has 2 aliphatic carbocycles. The summed E-state index contributed by atoms with van der Waals surface area (Å²) in [5.74, 6) is 0.173. The highest BCUT2D eigenvalue weighted by Gasteiger charge is 2.30. The van der Waals surface area contributed by atoms with Crippen LogP contribution in [0.5, 0.6) is 0 Å². The second kappa shape index (κ2) is 6.05. The van der Waals surface area contributed by atoms with E-state index in [1.807, 2.05) is 0 Å². The molecule has 4 rings (SSSR count). The number of anilines is 1. The Bertz CT molecular complexity index is 804. The number of amides is 2. The van der Waals surface area contributed by atoms with Crippen LogP contribution in [0.4, 0.5) is 5.00 Å². The van der Waals surface area contributed by atoms with Gasteiger partial charge in [-0.15, -0.1) is 11.3 Å². The third kappa shape index (κ3) is 2.96. The average Bonchev–Trinajstić information content (AvgIpc) is 3.13. The zero-order valence-electron chi connectivity index (χ0n) is 13.5. The highest BCUT2D eigenvalue weighted by molar-refractivity contribution is 7.17. The van der Waals surface area contributed by atoms with Crippen LogP contribution in [0.25, 0.3) is 0 Å². The number of aromatic nitrogens is 1. The van der Waals surface area contributed by atoms with Crippen molar-refractivity contribution in [3.63, 3.8) is 0 Å². The Morgan fingerprint density at radius 3 is 2.75 bits per heavy atom. The Labute approximate surface area is 143 Å². The van der Waals surface area contributed by atoms with E-state index in [9.17, 15) is 9.59 Å². The molecule has 7 heteroatoms. The van der Waals surface area contributed by atoms with Crippen LogP contribution in [0.2, 0.25) is 0 Å². The SMILES string of the molecule is Cc1cc(C(=O)Nc2sc3c(c2C(=O)NC2CC2)CCCC3)no1. The second-order valence-corrected chi connectivity index (χ2v) is 7.54. The number of thiophene rings is 1. The van der Waals surface area contributed by atoms with E-state index in [1.165, 1.54) is 16.2 Å². The molecule has 126 valence electrons. The topological polar surface area (TPSA) is 84.2 Å². The highest BCUT2D eigenvalue weighted by atomic mass is 32.1. The van der Waals surface area contributed by atoms with E-state index in [4.69, 9.17) is 4.52 Å². The third-order valence-electron chi connectivity index (χ3n) is 4.40. The Kier molecular flexibility index (Phi) is 3.88. The van der Waals surface area contributed by atoms with Gasteiger partial charge in [0.2, 0.25) is 0 Å². The molecule has 24 heavy (non-hydrogen) atoms. The van der Waals surface area contributed by atoms with Gasteiger partial charge in [0, 0.05) is 17.0 Å². The van der Waals surface area contributed by atoms with Crippen LogP contribution in [0.3, 0.4) is 0 Å². The maximum atomic E-state index is 12.7. The average molecular weight is 345 g/mol. The van der Waals surface area contributed by atoms with Crippen LogP contribution < -0.4 is 10.6 Å². The summed E-state index contributed by atoms with van der Waals surface area (Å²) in [4.78, 5) is 26.3. The van der Waals surface area contributed by atoms with E-state index in [2.05, 4.69) is 15.8 Å². The maximum Gasteiger partial charge on any atom is 0.278 e. The monoisotopic (exact) mass is 345 g/mol. The highest BCUT2D eigenvalue weighted by Crippen LogP contribution is 2.38. The van der Waals surface area contributed by atoms with Gasteiger partial charge in [-0.3, -0.25) is 9.59 Å². The minimum Gasteiger partial charge on any atom is -0.361 e. The molecule has 0 saturated heterocycles. The van der Waals surface area contributed by atoms with Gasteiger partial charge in [-0.2, -0.15) is 0 Å². The number of rotatable bonds is 4. The van der Waals surface area contributed by atoms with Crippen molar-refractivity contribution in [3.05, 3.63) is 33.5 Å². The molecule has 0 unspecified atom stereocenters. The largest absolute Gasteiger partial charge is 0.361 e. The van der Waals surface area contributed by atoms with Crippen LogP contribution in [0.15, 0.2) is 10.6 Å². The number of carbonyl (C=O) groups is 2. The molecule has 0 spiro atoms. The van der Waals surface area contributed by atoms with E-state index >= 15 is 0 Å². The number of fused-ring (bicyclic) bond motifs is 1. The van der Waals surface area contributed by atoms with E-state index < -0.39 is 0 Å². The van der Waals surface area contributed by atoms with Crippen LogP contribution >= 0.6 is 11.3 Å². The molecule has 1 saturated carbocycles. The van der Waals surface area contributed by atoms with Crippen molar-refractivity contribution in [1.29, 1.82) is 0 Å². The van der Waals surface area contributed by atoms with Crippen molar-refractivity contribution in [1.82, 2.24) is 10.5 Å². The van der Waals surface area contributed by atoms with Crippen molar-refractivity contribution in [3.8, 4) is 0 Å². The lowest BCUT2D eigenvalue weighted by Gasteiger charge is -2.13. The molecule has 2 aromatic heterocycles. The maximum absolute atomic E-state index is 12.7. The smallest absolute Gasteiger partial charge is 0.278 e. The second-order valence-electron chi connectivity index (χ2n) is 6.44. The molecule has 2 amide bonds. The van der Waals surface area contributed by atoms with Gasteiger partial charge in [0.05, 0.1) is 5.56 Å². The number of hydrogen-bond donors (Lipinski definition) is 2. The van der Waals surface area contributed by atoms with E-state index in [-0.39, 0.29) is 17.5 Å². The Morgan fingerprint density at radius 1 is 1.25 bits per heavy atom. The number of aryl methyl sites for hydroxylation is 2. The van der Waals surface area contributed by atoms with Gasteiger partial charge in [0.25, 0.3) is 11.8 Å². The molecule has 6 nitrogen and oxygen atoms in total. The standard InChI is InChI=1S/C17H19N3O3S/c1-9-8-12(20-23-9)15(21)19-17-14(16(22)18-10-6-7-10)11-4-2-3-5-13(11)24-17/h8,10H,2-7H2,1H3,(H,18,22)(H,19,21). The van der Waals surface area contributed by atoms with Crippen LogP contribution in [0.1, 0.15) is 62.7 Å². The molecule has 2 aromatic rings. The lowest BCUT2D eigenvalue weighted by Crippen LogP contribution is -2.27. The zero-order chi connectivity index (χ0) is 16.7. The van der Waals surface area contributed by atoms with Crippen molar-refractivity contribution < 1.29 is 14.1 Å². The molecule has 1 fully saturated rings. The summed E-state index contributed by atoms with van der Waals surface area (Å²) in [6, 6.07) is 1.88. The normalized spacial score (nSPS) is 16.5. The Morgan fingerprint density at radius 2 is 2.04 bits per heavy atom. The van der Waals surface area contributed by atoms with Crippen molar-refractivity contribution >= 4 is 28.2 Å². The number of nitrogens with one attached hydrogen (secondary N) is 2. The molecule has 0 bridgehead atoms. The summed E-state index contributed by atoms with van der Waals surface area (Å²) in [5, 5.41) is 10.3. The number of carbonyl (C=O) groups excluding carboxylic acids is 2. The van der Waals surface area contributed by atoms with E-state index in [0.717, 1.165) is 44.1 Å². The minimum atomic E-state index is -0.342. The molecule has 2 aliphatic rings. The zero-order valence-corrected chi connectivity index (χ0v) is 14.3. The molecule has 2 N–H and O–H groups in total. The number of hydrogen-bond acceptors (Lipinski definition) is 5. The van der Waals surface area contributed by atoms with Gasteiger partial charge < -0.3 is 15.2 Å². The first-order chi connectivity index (χ1) is 11.6. The molecule has 0 aromatic carbocycles. The van der Waals surface area contributed by atoms with Gasteiger partial charge in [-0.25, -0.2) is 0 Å². The fourth-order valence-electron chi connectivity index (χ4n) is 3.02. The van der Waals surface area contributed by atoms with Crippen LogP contribution in [-0.4, -0.2) is 23.0 Å². The summed E-state index contributed by atoms with van der Waals surface area (Å²) in [7, 11) is 0. The van der Waals surface area contributed by atoms with Gasteiger partial charge in [-0.1, -0.05) is 5.16 Å². The summed E-state index contributed by atoms with van der Waals surface area (Å²) in [6.45, 7) is 1.74. The summed E-state index contributed by atoms with van der Waals surface area (Å²) < 4.78 is 4.96. The fraction of sp³-hybridized carbons (Fsp3) is 0.471. The Balaban J connectivity index is 1.64. The summed E-state index contributed by atoms with van der Waals surface area (Å²) >= 11 is 1.52. The third-order valence-corrected chi connectivity index (χ3v) is 5.61. The van der Waals surface area contributed by atoms with Crippen molar-refractivity contribution in [2.24, 2.45) is 0 Å². The van der Waals surface area contributed by atoms with Gasteiger partial charge in [0.15, 0.2) is 5.69 Å². The summed E-state index contributed by atoms with van der Waals surface area (Å²) in [6.07, 6.45) is 6.17. The van der Waals surface area contributed by atoms with Gasteiger partial charge in [0.1, 0.15) is 10.8 Å². The van der Waals surface area contributed by atoms with Crippen LogP contribution in [-0.2, 0) is 12.8 Å². The first kappa shape index (κ1) is 15.4. The quantitative estimate of drug-likeness (QED) is 0.892. The first-order valence-corrected chi connectivity index (χ1v) is 9.13. The molecule has 0 radical (unpaired) electrons. The fourth-order valence-corrected chi connectivity index (χ4v) is 4.30. The Hall–Kier alpha value is -2.15.